The highest BCUT2D eigenvalue weighted by atomic mass is 32.2. The van der Waals surface area contributed by atoms with Crippen molar-refractivity contribution in [2.45, 2.75) is 19.1 Å². The quantitative estimate of drug-likeness (QED) is 0.806. The molecule has 1 saturated heterocycles. The summed E-state index contributed by atoms with van der Waals surface area (Å²) in [4.78, 5) is 14.0. The van der Waals surface area contributed by atoms with Crippen molar-refractivity contribution in [2.75, 3.05) is 26.2 Å². The predicted octanol–water partition coefficient (Wildman–Crippen LogP) is 1.80. The van der Waals surface area contributed by atoms with E-state index in [2.05, 4.69) is 5.16 Å². The minimum absolute atomic E-state index is 0.191. The lowest BCUT2D eigenvalue weighted by atomic mass is 10.2. The van der Waals surface area contributed by atoms with Gasteiger partial charge in [-0.3, -0.25) is 4.79 Å². The van der Waals surface area contributed by atoms with E-state index in [1.807, 2.05) is 0 Å². The number of aromatic nitrogens is 1. The van der Waals surface area contributed by atoms with E-state index < -0.39 is 15.8 Å². The molecule has 0 unspecified atom stereocenters. The number of carbonyl (C=O) groups is 1. The minimum atomic E-state index is -3.54. The fraction of sp³-hybridized carbons (Fsp3) is 0.412. The zero-order valence-electron chi connectivity index (χ0n) is 14.4. The smallest absolute Gasteiger partial charge is 0.276 e. The van der Waals surface area contributed by atoms with Gasteiger partial charge in [-0.1, -0.05) is 17.3 Å². The van der Waals surface area contributed by atoms with Gasteiger partial charge in [-0.25, -0.2) is 12.8 Å². The van der Waals surface area contributed by atoms with Crippen molar-refractivity contribution in [3.8, 4) is 0 Å². The SMILES string of the molecule is Cc1cc(C(=O)N2CCCN(S(=O)(=O)Cc3ccc(F)cc3)CC2)no1. The second-order valence-electron chi connectivity index (χ2n) is 6.25. The number of rotatable bonds is 4. The van der Waals surface area contributed by atoms with Crippen LogP contribution in [0.15, 0.2) is 34.9 Å². The topological polar surface area (TPSA) is 83.7 Å². The fourth-order valence-electron chi connectivity index (χ4n) is 2.89. The monoisotopic (exact) mass is 381 g/mol. The number of benzene rings is 1. The molecule has 1 aromatic carbocycles. The molecule has 2 heterocycles. The molecule has 1 amide bonds. The molecule has 0 saturated carbocycles. The normalized spacial score (nSPS) is 16.5. The van der Waals surface area contributed by atoms with Crippen molar-refractivity contribution >= 4 is 15.9 Å². The maximum atomic E-state index is 13.0. The average molecular weight is 381 g/mol. The van der Waals surface area contributed by atoms with Gasteiger partial charge in [0, 0.05) is 32.2 Å². The fourth-order valence-corrected chi connectivity index (χ4v) is 4.45. The van der Waals surface area contributed by atoms with E-state index in [-0.39, 0.29) is 30.4 Å². The van der Waals surface area contributed by atoms with Crippen LogP contribution in [0.1, 0.15) is 28.2 Å². The Morgan fingerprint density at radius 2 is 1.92 bits per heavy atom. The molecule has 1 aliphatic rings. The largest absolute Gasteiger partial charge is 0.361 e. The molecule has 0 spiro atoms. The second-order valence-corrected chi connectivity index (χ2v) is 8.22. The van der Waals surface area contributed by atoms with E-state index >= 15 is 0 Å². The number of amides is 1. The summed E-state index contributed by atoms with van der Waals surface area (Å²) in [5.74, 6) is -0.312. The van der Waals surface area contributed by atoms with Gasteiger partial charge in [0.1, 0.15) is 11.6 Å². The van der Waals surface area contributed by atoms with Crippen LogP contribution in [0.25, 0.3) is 0 Å². The third-order valence-electron chi connectivity index (χ3n) is 4.24. The first-order valence-corrected chi connectivity index (χ1v) is 9.91. The molecule has 1 aliphatic heterocycles. The zero-order chi connectivity index (χ0) is 18.7. The number of hydrogen-bond donors (Lipinski definition) is 0. The van der Waals surface area contributed by atoms with Gasteiger partial charge >= 0.3 is 0 Å². The number of aryl methyl sites for hydroxylation is 1. The highest BCUT2D eigenvalue weighted by Gasteiger charge is 2.28. The Bertz CT molecular complexity index is 880. The Morgan fingerprint density at radius 3 is 2.58 bits per heavy atom. The average Bonchev–Trinajstić information content (AvgIpc) is 2.88. The number of carbonyl (C=O) groups excluding carboxylic acids is 1. The number of hydrogen-bond acceptors (Lipinski definition) is 5. The van der Waals surface area contributed by atoms with Crippen molar-refractivity contribution < 1.29 is 22.1 Å². The summed E-state index contributed by atoms with van der Waals surface area (Å²) >= 11 is 0. The van der Waals surface area contributed by atoms with E-state index in [4.69, 9.17) is 4.52 Å². The lowest BCUT2D eigenvalue weighted by Crippen LogP contribution is -2.37. The molecule has 140 valence electrons. The zero-order valence-corrected chi connectivity index (χ0v) is 15.2. The first-order valence-electron chi connectivity index (χ1n) is 8.30. The molecule has 0 N–H and O–H groups in total. The van der Waals surface area contributed by atoms with Crippen LogP contribution in [-0.2, 0) is 15.8 Å². The van der Waals surface area contributed by atoms with Gasteiger partial charge in [-0.15, -0.1) is 0 Å². The molecule has 0 bridgehead atoms. The molecule has 3 rings (SSSR count). The van der Waals surface area contributed by atoms with Gasteiger partial charge < -0.3 is 9.42 Å². The van der Waals surface area contributed by atoms with E-state index in [0.29, 0.717) is 30.8 Å². The van der Waals surface area contributed by atoms with Crippen LogP contribution in [0.5, 0.6) is 0 Å². The minimum Gasteiger partial charge on any atom is -0.361 e. The molecule has 7 nitrogen and oxygen atoms in total. The van der Waals surface area contributed by atoms with E-state index in [0.717, 1.165) is 0 Å². The Balaban J connectivity index is 1.65. The van der Waals surface area contributed by atoms with Crippen molar-refractivity contribution in [3.63, 3.8) is 0 Å². The summed E-state index contributed by atoms with van der Waals surface area (Å²) in [5.41, 5.74) is 0.756. The van der Waals surface area contributed by atoms with Crippen molar-refractivity contribution in [2.24, 2.45) is 0 Å². The molecule has 0 aliphatic carbocycles. The lowest BCUT2D eigenvalue weighted by Gasteiger charge is -2.21. The number of sulfonamides is 1. The summed E-state index contributed by atoms with van der Waals surface area (Å²) in [6, 6.07) is 6.98. The first kappa shape index (κ1) is 18.5. The van der Waals surface area contributed by atoms with E-state index in [1.165, 1.54) is 28.6 Å². The Labute approximate surface area is 151 Å². The van der Waals surface area contributed by atoms with Gasteiger partial charge in [0.2, 0.25) is 10.0 Å². The molecule has 1 aromatic heterocycles. The van der Waals surface area contributed by atoms with Gasteiger partial charge in [0.25, 0.3) is 5.91 Å². The van der Waals surface area contributed by atoms with Crippen LogP contribution in [0, 0.1) is 12.7 Å². The molecule has 0 radical (unpaired) electrons. The maximum Gasteiger partial charge on any atom is 0.276 e. The van der Waals surface area contributed by atoms with Crippen LogP contribution in [0.4, 0.5) is 4.39 Å². The molecular weight excluding hydrogens is 361 g/mol. The van der Waals surface area contributed by atoms with E-state index in [1.54, 1.807) is 17.9 Å². The molecule has 1 fully saturated rings. The molecular formula is C17H20FN3O4S. The molecule has 0 atom stereocenters. The highest BCUT2D eigenvalue weighted by molar-refractivity contribution is 7.88. The summed E-state index contributed by atoms with van der Waals surface area (Å²) in [7, 11) is -3.54. The Morgan fingerprint density at radius 1 is 1.19 bits per heavy atom. The Hall–Kier alpha value is -2.26. The third kappa shape index (κ3) is 4.28. The summed E-state index contributed by atoms with van der Waals surface area (Å²) in [6.07, 6.45) is 0.533. The summed E-state index contributed by atoms with van der Waals surface area (Å²) in [6.45, 7) is 2.99. The van der Waals surface area contributed by atoms with Crippen LogP contribution in [0.2, 0.25) is 0 Å². The van der Waals surface area contributed by atoms with Crippen molar-refractivity contribution in [3.05, 3.63) is 53.2 Å². The number of halogens is 1. The van der Waals surface area contributed by atoms with Crippen molar-refractivity contribution in [1.29, 1.82) is 0 Å². The van der Waals surface area contributed by atoms with Gasteiger partial charge in [0.15, 0.2) is 5.69 Å². The van der Waals surface area contributed by atoms with Gasteiger partial charge in [-0.05, 0) is 31.0 Å². The maximum absolute atomic E-state index is 13.0. The van der Waals surface area contributed by atoms with Crippen LogP contribution >= 0.6 is 0 Å². The predicted molar refractivity (Wildman–Crippen MR) is 92.4 cm³/mol. The molecule has 26 heavy (non-hydrogen) atoms. The number of nitrogens with zero attached hydrogens (tertiary/aromatic N) is 3. The summed E-state index contributed by atoms with van der Waals surface area (Å²) < 4.78 is 44.6. The van der Waals surface area contributed by atoms with Gasteiger partial charge in [0.05, 0.1) is 5.75 Å². The Kier molecular flexibility index (Phi) is 5.38. The lowest BCUT2D eigenvalue weighted by molar-refractivity contribution is 0.0753. The van der Waals surface area contributed by atoms with Crippen LogP contribution in [-0.4, -0.2) is 54.9 Å². The van der Waals surface area contributed by atoms with Crippen LogP contribution in [0.3, 0.4) is 0 Å². The second kappa shape index (κ2) is 7.55. The standard InChI is InChI=1S/C17H20FN3O4S/c1-13-11-16(19-25-13)17(22)20-7-2-8-21(10-9-20)26(23,24)12-14-3-5-15(18)6-4-14/h3-6,11H,2,7-10,12H2,1H3. The first-order chi connectivity index (χ1) is 12.3. The highest BCUT2D eigenvalue weighted by Crippen LogP contribution is 2.16. The summed E-state index contributed by atoms with van der Waals surface area (Å²) in [5, 5.41) is 3.72. The van der Waals surface area contributed by atoms with E-state index in [9.17, 15) is 17.6 Å². The third-order valence-corrected chi connectivity index (χ3v) is 6.09. The molecule has 9 heteroatoms. The molecule has 2 aromatic rings. The van der Waals surface area contributed by atoms with Crippen molar-refractivity contribution in [1.82, 2.24) is 14.4 Å². The van der Waals surface area contributed by atoms with Crippen LogP contribution < -0.4 is 0 Å². The van der Waals surface area contributed by atoms with Gasteiger partial charge in [-0.2, -0.15) is 4.31 Å².